The molecule has 1 aromatic carbocycles. The quantitative estimate of drug-likeness (QED) is 0.687. The van der Waals surface area contributed by atoms with Crippen molar-refractivity contribution < 1.29 is 19.2 Å². The predicted octanol–water partition coefficient (Wildman–Crippen LogP) is -0.366. The highest BCUT2D eigenvalue weighted by atomic mass is 16.5. The van der Waals surface area contributed by atoms with Crippen molar-refractivity contribution in [2.75, 3.05) is 44.7 Å². The molecule has 0 atom stereocenters. The fourth-order valence-corrected chi connectivity index (χ4v) is 2.83. The van der Waals surface area contributed by atoms with E-state index in [0.717, 1.165) is 37.6 Å². The van der Waals surface area contributed by atoms with E-state index in [1.165, 1.54) is 4.90 Å². The molecule has 0 aliphatic carbocycles. The van der Waals surface area contributed by atoms with Crippen LogP contribution >= 0.6 is 0 Å². The number of rotatable bonds is 5. The van der Waals surface area contributed by atoms with Crippen molar-refractivity contribution in [3.63, 3.8) is 0 Å². The van der Waals surface area contributed by atoms with Gasteiger partial charge in [-0.1, -0.05) is 12.1 Å². The van der Waals surface area contributed by atoms with E-state index in [4.69, 9.17) is 4.74 Å². The first-order valence-corrected chi connectivity index (χ1v) is 8.31. The number of imide groups is 1. The molecular formula is C17H27N4O3+. The maximum atomic E-state index is 11.9. The highest BCUT2D eigenvalue weighted by molar-refractivity contribution is 5.94. The topological polar surface area (TPSA) is 75.1 Å². The summed E-state index contributed by atoms with van der Waals surface area (Å²) in [6.45, 7) is 7.40. The molecule has 0 radical (unpaired) electrons. The molecule has 7 nitrogen and oxygen atoms in total. The first-order chi connectivity index (χ1) is 11.5. The molecule has 0 spiro atoms. The second kappa shape index (κ2) is 8.54. The number of nitrogens with one attached hydrogen (secondary N) is 3. The zero-order chi connectivity index (χ0) is 17.5. The summed E-state index contributed by atoms with van der Waals surface area (Å²) in [5, 5.41) is 5.03. The van der Waals surface area contributed by atoms with E-state index in [-0.39, 0.29) is 11.9 Å². The van der Waals surface area contributed by atoms with E-state index in [0.29, 0.717) is 6.54 Å². The Balaban J connectivity index is 1.80. The Bertz CT molecular complexity index is 569. The van der Waals surface area contributed by atoms with Gasteiger partial charge in [-0.2, -0.15) is 0 Å². The lowest BCUT2D eigenvalue weighted by molar-refractivity contribution is -0.892. The van der Waals surface area contributed by atoms with Crippen molar-refractivity contribution >= 4 is 17.6 Å². The van der Waals surface area contributed by atoms with Gasteiger partial charge in [-0.3, -0.25) is 10.1 Å². The average molecular weight is 335 g/mol. The summed E-state index contributed by atoms with van der Waals surface area (Å²) >= 11 is 0. The Hall–Kier alpha value is -2.28. The number of ether oxygens (including phenoxy) is 1. The fraction of sp³-hybridized carbons (Fsp3) is 0.529. The van der Waals surface area contributed by atoms with Crippen LogP contribution in [0.2, 0.25) is 0 Å². The Labute approximate surface area is 142 Å². The van der Waals surface area contributed by atoms with E-state index in [1.807, 2.05) is 38.1 Å². The van der Waals surface area contributed by atoms with Crippen molar-refractivity contribution in [2.24, 2.45) is 0 Å². The van der Waals surface area contributed by atoms with Crippen LogP contribution in [0.25, 0.3) is 0 Å². The lowest BCUT2D eigenvalue weighted by Gasteiger charge is -2.33. The van der Waals surface area contributed by atoms with Gasteiger partial charge in [0.15, 0.2) is 6.54 Å². The highest BCUT2D eigenvalue weighted by Gasteiger charge is 2.24. The first kappa shape index (κ1) is 18.1. The number of anilines is 1. The monoisotopic (exact) mass is 335 g/mol. The van der Waals surface area contributed by atoms with Crippen LogP contribution in [-0.2, 0) is 4.79 Å². The minimum Gasteiger partial charge on any atom is -0.495 e. The number of amides is 3. The van der Waals surface area contributed by atoms with Crippen molar-refractivity contribution in [1.29, 1.82) is 0 Å². The van der Waals surface area contributed by atoms with Crippen molar-refractivity contribution in [3.8, 4) is 5.75 Å². The summed E-state index contributed by atoms with van der Waals surface area (Å²) in [6.07, 6.45) is 0. The lowest BCUT2D eigenvalue weighted by atomic mass is 10.2. The van der Waals surface area contributed by atoms with Gasteiger partial charge in [0.25, 0.3) is 5.91 Å². The summed E-state index contributed by atoms with van der Waals surface area (Å²) in [4.78, 5) is 26.9. The number of carbonyl (C=O) groups is 2. The van der Waals surface area contributed by atoms with Gasteiger partial charge in [-0.05, 0) is 26.0 Å². The summed E-state index contributed by atoms with van der Waals surface area (Å²) < 4.78 is 5.41. The third-order valence-electron chi connectivity index (χ3n) is 3.98. The number of piperazine rings is 1. The molecule has 3 N–H and O–H groups in total. The van der Waals surface area contributed by atoms with Gasteiger partial charge >= 0.3 is 6.03 Å². The largest absolute Gasteiger partial charge is 0.495 e. The summed E-state index contributed by atoms with van der Waals surface area (Å²) in [5.41, 5.74) is 1.08. The number of hydrogen-bond donors (Lipinski definition) is 3. The molecule has 1 heterocycles. The number of benzene rings is 1. The SMILES string of the molecule is COc1ccccc1N1CC[NH+](CC(=O)NC(=O)NC(C)C)CC1. The van der Waals surface area contributed by atoms with Crippen LogP contribution in [-0.4, -0.2) is 57.8 Å². The summed E-state index contributed by atoms with van der Waals surface area (Å²) in [7, 11) is 1.67. The molecule has 7 heteroatoms. The van der Waals surface area contributed by atoms with Crippen molar-refractivity contribution in [1.82, 2.24) is 10.6 Å². The predicted molar refractivity (Wildman–Crippen MR) is 92.6 cm³/mol. The van der Waals surface area contributed by atoms with Gasteiger partial charge < -0.3 is 19.9 Å². The van der Waals surface area contributed by atoms with Crippen molar-refractivity contribution in [2.45, 2.75) is 19.9 Å². The second-order valence-corrected chi connectivity index (χ2v) is 6.26. The number of carbonyl (C=O) groups excluding carboxylic acids is 2. The van der Waals surface area contributed by atoms with E-state index in [1.54, 1.807) is 7.11 Å². The number of quaternary nitrogens is 1. The minimum atomic E-state index is -0.429. The first-order valence-electron chi connectivity index (χ1n) is 8.31. The average Bonchev–Trinajstić information content (AvgIpc) is 2.54. The van der Waals surface area contributed by atoms with Crippen LogP contribution in [0.1, 0.15) is 13.8 Å². The maximum Gasteiger partial charge on any atom is 0.321 e. The number of methoxy groups -OCH3 is 1. The Morgan fingerprint density at radius 2 is 1.92 bits per heavy atom. The van der Waals surface area contributed by atoms with Crippen LogP contribution in [0.4, 0.5) is 10.5 Å². The molecule has 24 heavy (non-hydrogen) atoms. The van der Waals surface area contributed by atoms with Gasteiger partial charge in [0.2, 0.25) is 0 Å². The van der Waals surface area contributed by atoms with Crippen LogP contribution in [0.5, 0.6) is 5.75 Å². The molecule has 0 unspecified atom stereocenters. The molecule has 132 valence electrons. The summed E-state index contributed by atoms with van der Waals surface area (Å²) in [5.74, 6) is 0.623. The molecule has 1 fully saturated rings. The summed E-state index contributed by atoms with van der Waals surface area (Å²) in [6, 6.07) is 7.53. The normalized spacial score (nSPS) is 15.2. The zero-order valence-corrected chi connectivity index (χ0v) is 14.6. The molecule has 0 bridgehead atoms. The second-order valence-electron chi connectivity index (χ2n) is 6.26. The van der Waals surface area contributed by atoms with Gasteiger partial charge in [0, 0.05) is 6.04 Å². The van der Waals surface area contributed by atoms with E-state index in [2.05, 4.69) is 15.5 Å². The number of nitrogens with zero attached hydrogens (tertiary/aromatic N) is 1. The van der Waals surface area contributed by atoms with Crippen LogP contribution in [0, 0.1) is 0 Å². The number of para-hydroxylation sites is 2. The number of urea groups is 1. The Morgan fingerprint density at radius 3 is 2.54 bits per heavy atom. The van der Waals surface area contributed by atoms with E-state index in [9.17, 15) is 9.59 Å². The highest BCUT2D eigenvalue weighted by Crippen LogP contribution is 2.27. The van der Waals surface area contributed by atoms with Crippen LogP contribution in [0.3, 0.4) is 0 Å². The molecule has 0 aromatic heterocycles. The molecule has 1 aliphatic heterocycles. The smallest absolute Gasteiger partial charge is 0.321 e. The maximum absolute atomic E-state index is 11.9. The molecule has 3 amide bonds. The van der Waals surface area contributed by atoms with Gasteiger partial charge in [-0.15, -0.1) is 0 Å². The molecule has 1 saturated heterocycles. The van der Waals surface area contributed by atoms with Gasteiger partial charge in [0.1, 0.15) is 5.75 Å². The van der Waals surface area contributed by atoms with Crippen LogP contribution in [0.15, 0.2) is 24.3 Å². The third kappa shape index (κ3) is 5.13. The van der Waals surface area contributed by atoms with E-state index < -0.39 is 6.03 Å². The fourth-order valence-electron chi connectivity index (χ4n) is 2.83. The van der Waals surface area contributed by atoms with E-state index >= 15 is 0 Å². The Morgan fingerprint density at radius 1 is 1.25 bits per heavy atom. The van der Waals surface area contributed by atoms with Crippen molar-refractivity contribution in [3.05, 3.63) is 24.3 Å². The molecule has 1 aliphatic rings. The van der Waals surface area contributed by atoms with Gasteiger partial charge in [-0.25, -0.2) is 4.79 Å². The third-order valence-corrected chi connectivity index (χ3v) is 3.98. The number of hydrogen-bond acceptors (Lipinski definition) is 4. The molecular weight excluding hydrogens is 308 g/mol. The Kier molecular flexibility index (Phi) is 6.43. The zero-order valence-electron chi connectivity index (χ0n) is 14.6. The minimum absolute atomic E-state index is 0.00884. The standard InChI is InChI=1S/C17H26N4O3/c1-13(2)18-17(23)19-16(22)12-20-8-10-21(11-9-20)14-6-4-5-7-15(14)24-3/h4-7,13H,8-12H2,1-3H3,(H2,18,19,22,23)/p+1. The molecule has 2 rings (SSSR count). The molecule has 1 aromatic rings. The van der Waals surface area contributed by atoms with Crippen LogP contribution < -0.4 is 25.2 Å². The van der Waals surface area contributed by atoms with Gasteiger partial charge in [0.05, 0.1) is 39.0 Å². The lowest BCUT2D eigenvalue weighted by Crippen LogP contribution is -3.16. The molecule has 0 saturated carbocycles.